The zero-order valence-electron chi connectivity index (χ0n) is 26.8. The molecule has 0 radical (unpaired) electrons. The first-order valence-corrected chi connectivity index (χ1v) is 15.0. The van der Waals surface area contributed by atoms with Crippen molar-refractivity contribution in [1.82, 2.24) is 9.88 Å². The number of phenolic OH excluding ortho intramolecular Hbond substituents is 1. The van der Waals surface area contributed by atoms with Crippen molar-refractivity contribution in [2.75, 3.05) is 14.1 Å². The number of aryl methyl sites for hydroxylation is 1. The van der Waals surface area contributed by atoms with Crippen LogP contribution < -0.4 is 17.2 Å². The fourth-order valence-electron chi connectivity index (χ4n) is 7.69. The third kappa shape index (κ3) is 4.58. The fraction of sp³-hybridized carbons (Fsp3) is 0.412. The summed E-state index contributed by atoms with van der Waals surface area (Å²) in [6, 6.07) is 5.31. The molecule has 0 spiro atoms. The van der Waals surface area contributed by atoms with E-state index in [1.807, 2.05) is 20.8 Å². The van der Waals surface area contributed by atoms with Gasteiger partial charge in [-0.05, 0) is 62.0 Å². The SMILES string of the molecule is CN(C)[C@@H]1C(=O)C(C(N)=O)=C(O)[C@@]2(C#N)C(=O)C3=C(O)c4c(O)c(C(C)(C)C)cc(CCC(=O)c5cccnc5)c4C[C@@]3(N)C[C@@]12N. The number of phenols is 1. The summed E-state index contributed by atoms with van der Waals surface area (Å²) in [6.45, 7) is 5.52. The molecule has 0 aliphatic heterocycles. The summed E-state index contributed by atoms with van der Waals surface area (Å²) in [4.78, 5) is 59.1. The molecule has 246 valence electrons. The Morgan fingerprint density at radius 1 is 1.17 bits per heavy atom. The van der Waals surface area contributed by atoms with E-state index >= 15 is 0 Å². The zero-order chi connectivity index (χ0) is 35.0. The maximum absolute atomic E-state index is 14.7. The first-order valence-electron chi connectivity index (χ1n) is 15.0. The molecule has 1 heterocycles. The van der Waals surface area contributed by atoms with Crippen molar-refractivity contribution in [2.24, 2.45) is 22.6 Å². The lowest BCUT2D eigenvalue weighted by molar-refractivity contribution is -0.139. The van der Waals surface area contributed by atoms with Gasteiger partial charge in [-0.25, -0.2) is 0 Å². The number of aliphatic hydroxyl groups excluding tert-OH is 2. The van der Waals surface area contributed by atoms with Crippen LogP contribution >= 0.6 is 0 Å². The number of likely N-dealkylation sites (N-methyl/N-ethyl adjacent to an activating group) is 1. The topological polar surface area (TPSA) is 247 Å². The Balaban J connectivity index is 1.79. The second-order valence-electron chi connectivity index (χ2n) is 14.0. The Labute approximate surface area is 271 Å². The van der Waals surface area contributed by atoms with Gasteiger partial charge in [0.05, 0.1) is 34.3 Å². The number of ketones is 3. The number of carbonyl (C=O) groups excluding carboxylic acids is 4. The third-order valence-corrected chi connectivity index (χ3v) is 9.76. The molecule has 13 heteroatoms. The number of aromatic hydroxyl groups is 1. The van der Waals surface area contributed by atoms with Gasteiger partial charge in [0.1, 0.15) is 22.8 Å². The van der Waals surface area contributed by atoms with E-state index in [1.165, 1.54) is 25.2 Å². The van der Waals surface area contributed by atoms with Gasteiger partial charge in [0.2, 0.25) is 0 Å². The summed E-state index contributed by atoms with van der Waals surface area (Å²) < 4.78 is 0. The Hall–Kier alpha value is -4.90. The molecule has 4 atom stereocenters. The van der Waals surface area contributed by atoms with Crippen LogP contribution in [0.4, 0.5) is 0 Å². The molecule has 0 saturated heterocycles. The van der Waals surface area contributed by atoms with Gasteiger partial charge >= 0.3 is 0 Å². The number of primary amides is 1. The number of benzene rings is 1. The highest BCUT2D eigenvalue weighted by Gasteiger charge is 2.74. The number of fused-ring (bicyclic) bond motifs is 3. The van der Waals surface area contributed by atoms with Gasteiger partial charge in [-0.1, -0.05) is 26.8 Å². The Kier molecular flexibility index (Phi) is 7.71. The highest BCUT2D eigenvalue weighted by molar-refractivity contribution is 6.25. The molecule has 1 aromatic heterocycles. The van der Waals surface area contributed by atoms with Gasteiger partial charge in [-0.3, -0.25) is 29.1 Å². The van der Waals surface area contributed by atoms with Crippen molar-refractivity contribution in [2.45, 2.75) is 69.0 Å². The number of aromatic nitrogens is 1. The molecule has 9 N–H and O–H groups in total. The molecule has 1 saturated carbocycles. The van der Waals surface area contributed by atoms with Gasteiger partial charge in [-0.15, -0.1) is 0 Å². The average Bonchev–Trinajstić information content (AvgIpc) is 2.95. The van der Waals surface area contributed by atoms with Crippen LogP contribution in [0.3, 0.4) is 0 Å². The fourth-order valence-corrected chi connectivity index (χ4v) is 7.69. The van der Waals surface area contributed by atoms with Crippen molar-refractivity contribution in [3.05, 3.63) is 75.3 Å². The van der Waals surface area contributed by atoms with E-state index < -0.39 is 74.5 Å². The van der Waals surface area contributed by atoms with E-state index in [0.29, 0.717) is 22.3 Å². The van der Waals surface area contributed by atoms with E-state index in [2.05, 4.69) is 4.98 Å². The minimum absolute atomic E-state index is 0.0461. The molecule has 2 aromatic rings. The highest BCUT2D eigenvalue weighted by Crippen LogP contribution is 2.59. The van der Waals surface area contributed by atoms with Gasteiger partial charge in [-0.2, -0.15) is 5.26 Å². The normalized spacial score (nSPS) is 27.3. The summed E-state index contributed by atoms with van der Waals surface area (Å²) in [5.74, 6) is -6.02. The zero-order valence-corrected chi connectivity index (χ0v) is 26.8. The maximum atomic E-state index is 14.7. The van der Waals surface area contributed by atoms with Crippen LogP contribution in [0, 0.1) is 16.7 Å². The quantitative estimate of drug-likeness (QED) is 0.193. The summed E-state index contributed by atoms with van der Waals surface area (Å²) in [5.41, 5.74) is 12.2. The first kappa shape index (κ1) is 33.5. The molecular formula is C34H38N6O7. The van der Waals surface area contributed by atoms with E-state index in [9.17, 15) is 39.8 Å². The Bertz CT molecular complexity index is 1870. The Morgan fingerprint density at radius 3 is 2.36 bits per heavy atom. The molecule has 1 aromatic carbocycles. The molecule has 0 bridgehead atoms. The minimum atomic E-state index is -2.75. The van der Waals surface area contributed by atoms with Crippen LogP contribution in [0.5, 0.6) is 5.75 Å². The summed E-state index contributed by atoms with van der Waals surface area (Å²) >= 11 is 0. The van der Waals surface area contributed by atoms with E-state index in [0.717, 1.165) is 0 Å². The Morgan fingerprint density at radius 2 is 1.83 bits per heavy atom. The lowest BCUT2D eigenvalue weighted by Gasteiger charge is -2.58. The number of nitrogens with zero attached hydrogens (tertiary/aromatic N) is 3. The van der Waals surface area contributed by atoms with Crippen LogP contribution in [0.25, 0.3) is 5.76 Å². The predicted octanol–water partition coefficient (Wildman–Crippen LogP) is 1.41. The molecule has 13 nitrogen and oxygen atoms in total. The van der Waals surface area contributed by atoms with Gasteiger partial charge in [0.15, 0.2) is 22.8 Å². The lowest BCUT2D eigenvalue weighted by atomic mass is 9.47. The van der Waals surface area contributed by atoms with E-state index in [1.54, 1.807) is 30.5 Å². The van der Waals surface area contributed by atoms with Crippen LogP contribution in [0.15, 0.2) is 47.5 Å². The smallest absolute Gasteiger partial charge is 0.255 e. The van der Waals surface area contributed by atoms with Crippen molar-refractivity contribution >= 4 is 29.0 Å². The number of nitrogens with two attached hydrogens (primary N) is 3. The van der Waals surface area contributed by atoms with E-state index in [-0.39, 0.29) is 36.4 Å². The minimum Gasteiger partial charge on any atom is -0.509 e. The number of nitriles is 1. The number of rotatable bonds is 6. The second kappa shape index (κ2) is 10.8. The van der Waals surface area contributed by atoms with Crippen LogP contribution in [0.1, 0.15) is 66.2 Å². The van der Waals surface area contributed by atoms with Crippen molar-refractivity contribution in [3.8, 4) is 11.8 Å². The number of Topliss-reactive ketones (excluding diaryl/α,β-unsaturated/α-hetero) is 3. The molecule has 47 heavy (non-hydrogen) atoms. The summed E-state index contributed by atoms with van der Waals surface area (Å²) in [7, 11) is 2.91. The number of aliphatic hydroxyl groups is 2. The number of hydrogen-bond donors (Lipinski definition) is 6. The molecule has 3 aliphatic rings. The molecule has 1 fully saturated rings. The van der Waals surface area contributed by atoms with Crippen LogP contribution in [-0.4, -0.2) is 79.7 Å². The number of carbonyl (C=O) groups is 4. The van der Waals surface area contributed by atoms with Crippen LogP contribution in [0.2, 0.25) is 0 Å². The third-order valence-electron chi connectivity index (χ3n) is 9.76. The summed E-state index contributed by atoms with van der Waals surface area (Å²) in [5, 5.41) is 45.6. The molecule has 5 rings (SSSR count). The van der Waals surface area contributed by atoms with Crippen molar-refractivity contribution in [1.29, 1.82) is 5.26 Å². The molecule has 1 amide bonds. The van der Waals surface area contributed by atoms with Crippen molar-refractivity contribution in [3.63, 3.8) is 0 Å². The maximum Gasteiger partial charge on any atom is 0.255 e. The van der Waals surface area contributed by atoms with Gasteiger partial charge in [0, 0.05) is 29.9 Å². The molecule has 3 aliphatic carbocycles. The highest BCUT2D eigenvalue weighted by atomic mass is 16.3. The number of amides is 1. The molecular weight excluding hydrogens is 604 g/mol. The predicted molar refractivity (Wildman–Crippen MR) is 170 cm³/mol. The van der Waals surface area contributed by atoms with Gasteiger partial charge in [0.25, 0.3) is 5.91 Å². The van der Waals surface area contributed by atoms with Crippen LogP contribution in [-0.2, 0) is 32.6 Å². The summed E-state index contributed by atoms with van der Waals surface area (Å²) in [6.07, 6.45) is 2.55. The molecule has 0 unspecified atom stereocenters. The monoisotopic (exact) mass is 642 g/mol. The first-order chi connectivity index (χ1) is 21.8. The average molecular weight is 643 g/mol. The van der Waals surface area contributed by atoms with E-state index in [4.69, 9.17) is 17.2 Å². The lowest BCUT2D eigenvalue weighted by Crippen LogP contribution is -2.80. The standard InChI is InChI=1S/C34H38N6O7/c1-31(2,3)19-11-16(8-9-20(41)17-7-6-10-39-13-17)18-12-32(37)14-34(38)27(40(4)5)26(44)22(30(36)47)28(45)33(34,15-35)29(46)23(32)25(43)21(18)24(19)42/h6-7,10-11,13,27,42-43,45H,8-9,12,14,37-38H2,1-5H3,(H2,36,47)/t27-,32-,33+,34-/m1/s1. The number of hydrogen-bond acceptors (Lipinski definition) is 12. The largest absolute Gasteiger partial charge is 0.509 e. The van der Waals surface area contributed by atoms with Gasteiger partial charge < -0.3 is 32.5 Å². The number of pyridine rings is 1. The second-order valence-corrected chi connectivity index (χ2v) is 14.0. The van der Waals surface area contributed by atoms with Crippen molar-refractivity contribution < 1.29 is 34.5 Å².